The molecule has 0 saturated carbocycles. The molecular weight excluding hydrogens is 168 g/mol. The number of nitrogens with two attached hydrogens (primary N) is 1. The SMILES string of the molecule is COCCOCCN1CC(C)(N)C1. The molecule has 0 atom stereocenters. The Bertz CT molecular complexity index is 143. The van der Waals surface area contributed by atoms with Crippen LogP contribution in [-0.2, 0) is 9.47 Å². The number of nitrogens with zero attached hydrogens (tertiary/aromatic N) is 1. The third kappa shape index (κ3) is 4.04. The average molecular weight is 188 g/mol. The topological polar surface area (TPSA) is 47.7 Å². The van der Waals surface area contributed by atoms with Gasteiger partial charge in [0.25, 0.3) is 0 Å². The average Bonchev–Trinajstić information content (AvgIpc) is 2.00. The predicted molar refractivity (Wildman–Crippen MR) is 51.7 cm³/mol. The maximum atomic E-state index is 5.86. The predicted octanol–water partition coefficient (Wildman–Crippen LogP) is -0.318. The van der Waals surface area contributed by atoms with Gasteiger partial charge in [-0.25, -0.2) is 0 Å². The van der Waals surface area contributed by atoms with Gasteiger partial charge in [-0.1, -0.05) is 0 Å². The largest absolute Gasteiger partial charge is 0.382 e. The van der Waals surface area contributed by atoms with Gasteiger partial charge in [0.2, 0.25) is 0 Å². The molecule has 1 rings (SSSR count). The van der Waals surface area contributed by atoms with Gasteiger partial charge in [0.15, 0.2) is 0 Å². The fourth-order valence-electron chi connectivity index (χ4n) is 1.57. The highest BCUT2D eigenvalue weighted by Gasteiger charge is 2.33. The lowest BCUT2D eigenvalue weighted by atomic mass is 9.94. The zero-order valence-electron chi connectivity index (χ0n) is 8.58. The van der Waals surface area contributed by atoms with Crippen LogP contribution in [0.15, 0.2) is 0 Å². The Kier molecular flexibility index (Phi) is 4.12. The second-order valence-corrected chi connectivity index (χ2v) is 3.97. The Morgan fingerprint density at radius 2 is 2.00 bits per heavy atom. The summed E-state index contributed by atoms with van der Waals surface area (Å²) in [6.45, 7) is 7.17. The quantitative estimate of drug-likeness (QED) is 0.580. The first kappa shape index (κ1) is 10.9. The minimum Gasteiger partial charge on any atom is -0.382 e. The Balaban J connectivity index is 1.85. The Labute approximate surface area is 80.0 Å². The van der Waals surface area contributed by atoms with E-state index < -0.39 is 0 Å². The molecule has 0 aromatic heterocycles. The maximum absolute atomic E-state index is 5.86. The molecule has 0 amide bonds. The van der Waals surface area contributed by atoms with Crippen LogP contribution >= 0.6 is 0 Å². The smallest absolute Gasteiger partial charge is 0.0700 e. The van der Waals surface area contributed by atoms with Crippen molar-refractivity contribution in [2.24, 2.45) is 5.73 Å². The van der Waals surface area contributed by atoms with E-state index in [-0.39, 0.29) is 5.54 Å². The Morgan fingerprint density at radius 3 is 2.54 bits per heavy atom. The molecule has 1 saturated heterocycles. The van der Waals surface area contributed by atoms with Crippen LogP contribution in [0.25, 0.3) is 0 Å². The van der Waals surface area contributed by atoms with Gasteiger partial charge in [-0.05, 0) is 6.92 Å². The summed E-state index contributed by atoms with van der Waals surface area (Å²) in [7, 11) is 1.68. The van der Waals surface area contributed by atoms with E-state index in [0.717, 1.165) is 26.2 Å². The molecule has 0 aliphatic carbocycles. The maximum Gasteiger partial charge on any atom is 0.0700 e. The van der Waals surface area contributed by atoms with Crippen molar-refractivity contribution in [3.63, 3.8) is 0 Å². The lowest BCUT2D eigenvalue weighted by Crippen LogP contribution is -2.65. The fourth-order valence-corrected chi connectivity index (χ4v) is 1.57. The van der Waals surface area contributed by atoms with E-state index in [0.29, 0.717) is 13.2 Å². The van der Waals surface area contributed by atoms with E-state index in [1.807, 2.05) is 0 Å². The van der Waals surface area contributed by atoms with Gasteiger partial charge in [-0.2, -0.15) is 0 Å². The van der Waals surface area contributed by atoms with E-state index in [1.165, 1.54) is 0 Å². The Hall–Kier alpha value is -0.160. The van der Waals surface area contributed by atoms with Crippen molar-refractivity contribution in [1.29, 1.82) is 0 Å². The van der Waals surface area contributed by atoms with E-state index >= 15 is 0 Å². The van der Waals surface area contributed by atoms with Crippen LogP contribution in [0.3, 0.4) is 0 Å². The van der Waals surface area contributed by atoms with Gasteiger partial charge in [0, 0.05) is 32.3 Å². The van der Waals surface area contributed by atoms with Crippen molar-refractivity contribution in [1.82, 2.24) is 4.90 Å². The van der Waals surface area contributed by atoms with Crippen molar-refractivity contribution in [3.05, 3.63) is 0 Å². The summed E-state index contributed by atoms with van der Waals surface area (Å²) in [5, 5.41) is 0. The number of likely N-dealkylation sites (tertiary alicyclic amines) is 1. The first-order valence-corrected chi connectivity index (χ1v) is 4.72. The number of methoxy groups -OCH3 is 1. The van der Waals surface area contributed by atoms with Crippen LogP contribution in [0, 0.1) is 0 Å². The molecule has 2 N–H and O–H groups in total. The van der Waals surface area contributed by atoms with Gasteiger partial charge < -0.3 is 15.2 Å². The van der Waals surface area contributed by atoms with E-state index in [9.17, 15) is 0 Å². The van der Waals surface area contributed by atoms with E-state index in [2.05, 4.69) is 11.8 Å². The summed E-state index contributed by atoms with van der Waals surface area (Å²) >= 11 is 0. The lowest BCUT2D eigenvalue weighted by Gasteiger charge is -2.45. The van der Waals surface area contributed by atoms with Crippen LogP contribution in [0.1, 0.15) is 6.92 Å². The van der Waals surface area contributed by atoms with Crippen LogP contribution < -0.4 is 5.73 Å². The zero-order chi connectivity index (χ0) is 9.73. The van der Waals surface area contributed by atoms with Gasteiger partial charge in [-0.15, -0.1) is 0 Å². The minimum absolute atomic E-state index is 0.0343. The summed E-state index contributed by atoms with van der Waals surface area (Å²) in [5.41, 5.74) is 5.90. The first-order chi connectivity index (χ1) is 6.14. The normalized spacial score (nSPS) is 21.5. The molecule has 0 unspecified atom stereocenters. The monoisotopic (exact) mass is 188 g/mol. The summed E-state index contributed by atoms with van der Waals surface area (Å²) in [4.78, 5) is 2.30. The van der Waals surface area contributed by atoms with E-state index in [4.69, 9.17) is 15.2 Å². The molecule has 13 heavy (non-hydrogen) atoms. The molecule has 4 heteroatoms. The highest BCUT2D eigenvalue weighted by atomic mass is 16.5. The highest BCUT2D eigenvalue weighted by molar-refractivity contribution is 4.95. The number of rotatable bonds is 6. The van der Waals surface area contributed by atoms with Crippen LogP contribution in [0.5, 0.6) is 0 Å². The third-order valence-corrected chi connectivity index (χ3v) is 2.15. The fraction of sp³-hybridized carbons (Fsp3) is 1.00. The van der Waals surface area contributed by atoms with Crippen molar-refractivity contribution in [2.45, 2.75) is 12.5 Å². The van der Waals surface area contributed by atoms with Crippen molar-refractivity contribution in [3.8, 4) is 0 Å². The molecule has 0 radical (unpaired) electrons. The van der Waals surface area contributed by atoms with Crippen molar-refractivity contribution < 1.29 is 9.47 Å². The second-order valence-electron chi connectivity index (χ2n) is 3.97. The van der Waals surface area contributed by atoms with Crippen LogP contribution in [-0.4, -0.2) is 57.0 Å². The molecule has 1 aliphatic rings. The van der Waals surface area contributed by atoms with Crippen LogP contribution in [0.4, 0.5) is 0 Å². The molecule has 4 nitrogen and oxygen atoms in total. The molecule has 1 heterocycles. The minimum atomic E-state index is 0.0343. The molecule has 1 fully saturated rings. The van der Waals surface area contributed by atoms with Crippen molar-refractivity contribution in [2.75, 3.05) is 46.6 Å². The van der Waals surface area contributed by atoms with Crippen LogP contribution in [0.2, 0.25) is 0 Å². The zero-order valence-corrected chi connectivity index (χ0v) is 8.58. The summed E-state index contributed by atoms with van der Waals surface area (Å²) in [6.07, 6.45) is 0. The number of ether oxygens (including phenoxy) is 2. The first-order valence-electron chi connectivity index (χ1n) is 4.72. The number of hydrogen-bond acceptors (Lipinski definition) is 4. The molecule has 1 aliphatic heterocycles. The van der Waals surface area contributed by atoms with Gasteiger partial charge in [0.1, 0.15) is 0 Å². The van der Waals surface area contributed by atoms with E-state index in [1.54, 1.807) is 7.11 Å². The lowest BCUT2D eigenvalue weighted by molar-refractivity contribution is 0.0233. The number of hydrogen-bond donors (Lipinski definition) is 1. The molecular formula is C9H20N2O2. The molecule has 0 bridgehead atoms. The standard InChI is InChI=1S/C9H20N2O2/c1-9(10)7-11(8-9)3-4-13-6-5-12-2/h3-8,10H2,1-2H3. The summed E-state index contributed by atoms with van der Waals surface area (Å²) < 4.78 is 10.2. The van der Waals surface area contributed by atoms with Crippen molar-refractivity contribution >= 4 is 0 Å². The second kappa shape index (κ2) is 4.91. The molecule has 0 spiro atoms. The molecule has 0 aromatic rings. The molecule has 0 aromatic carbocycles. The summed E-state index contributed by atoms with van der Waals surface area (Å²) in [6, 6.07) is 0. The van der Waals surface area contributed by atoms with Gasteiger partial charge >= 0.3 is 0 Å². The van der Waals surface area contributed by atoms with Gasteiger partial charge in [-0.3, -0.25) is 4.90 Å². The van der Waals surface area contributed by atoms with Gasteiger partial charge in [0.05, 0.1) is 19.8 Å². The Morgan fingerprint density at radius 1 is 1.31 bits per heavy atom. The highest BCUT2D eigenvalue weighted by Crippen LogP contribution is 2.15. The summed E-state index contributed by atoms with van der Waals surface area (Å²) in [5.74, 6) is 0. The third-order valence-electron chi connectivity index (χ3n) is 2.15. The molecule has 78 valence electrons.